The molecule has 1 unspecified atom stereocenters. The van der Waals surface area contributed by atoms with Crippen molar-refractivity contribution >= 4 is 29.4 Å². The smallest absolute Gasteiger partial charge is 0.274 e. The van der Waals surface area contributed by atoms with Gasteiger partial charge in [-0.1, -0.05) is 25.1 Å². The van der Waals surface area contributed by atoms with Gasteiger partial charge < -0.3 is 20.4 Å². The summed E-state index contributed by atoms with van der Waals surface area (Å²) in [5.74, 6) is 0.131. The SMILES string of the molecule is C[C@]12Cc3[nH]c(-c4ccnc(NC(=O)c5ccn[nH]5)c4)c(Nc4ccccc4)c3CC1(C=O)C2. The van der Waals surface area contributed by atoms with Crippen LogP contribution in [0.2, 0.25) is 0 Å². The number of para-hydroxylation sites is 1. The Kier molecular flexibility index (Phi) is 4.45. The zero-order chi connectivity index (χ0) is 23.3. The predicted octanol–water partition coefficient (Wildman–Crippen LogP) is 4.49. The maximum Gasteiger partial charge on any atom is 0.274 e. The van der Waals surface area contributed by atoms with Gasteiger partial charge in [0.1, 0.15) is 17.8 Å². The molecule has 1 aromatic carbocycles. The number of carbonyl (C=O) groups excluding carboxylic acids is 2. The first-order chi connectivity index (χ1) is 16.5. The second kappa shape index (κ2) is 7.41. The summed E-state index contributed by atoms with van der Waals surface area (Å²) in [5.41, 5.74) is 6.14. The van der Waals surface area contributed by atoms with Gasteiger partial charge in [-0.25, -0.2) is 4.98 Å². The molecule has 170 valence electrons. The number of aromatic nitrogens is 4. The summed E-state index contributed by atoms with van der Waals surface area (Å²) in [6.45, 7) is 2.20. The molecule has 8 nitrogen and oxygen atoms in total. The van der Waals surface area contributed by atoms with Crippen LogP contribution in [0.3, 0.4) is 0 Å². The Morgan fingerprint density at radius 2 is 1.97 bits per heavy atom. The number of rotatable bonds is 6. The van der Waals surface area contributed by atoms with Crippen LogP contribution in [0, 0.1) is 10.8 Å². The third kappa shape index (κ3) is 3.22. The van der Waals surface area contributed by atoms with Crippen molar-refractivity contribution in [3.63, 3.8) is 0 Å². The van der Waals surface area contributed by atoms with Gasteiger partial charge in [-0.15, -0.1) is 0 Å². The number of hydrogen-bond donors (Lipinski definition) is 4. The topological polar surface area (TPSA) is 116 Å². The lowest BCUT2D eigenvalue weighted by molar-refractivity contribution is -0.113. The third-order valence-corrected chi connectivity index (χ3v) is 7.34. The molecule has 0 saturated heterocycles. The Bertz CT molecular complexity index is 1390. The van der Waals surface area contributed by atoms with E-state index in [1.54, 1.807) is 12.3 Å². The number of pyridine rings is 1. The van der Waals surface area contributed by atoms with Crippen molar-refractivity contribution in [3.05, 3.63) is 77.9 Å². The van der Waals surface area contributed by atoms with Crippen LogP contribution in [0.5, 0.6) is 0 Å². The van der Waals surface area contributed by atoms with Crippen LogP contribution in [-0.4, -0.2) is 32.4 Å². The summed E-state index contributed by atoms with van der Waals surface area (Å²) < 4.78 is 0. The monoisotopic (exact) mass is 452 g/mol. The lowest BCUT2D eigenvalue weighted by atomic mass is 9.80. The highest BCUT2D eigenvalue weighted by atomic mass is 16.2. The lowest BCUT2D eigenvalue weighted by Gasteiger charge is -2.24. The van der Waals surface area contributed by atoms with Crippen molar-refractivity contribution in [2.75, 3.05) is 10.6 Å². The Morgan fingerprint density at radius 3 is 2.74 bits per heavy atom. The molecule has 0 bridgehead atoms. The minimum Gasteiger partial charge on any atom is -0.356 e. The molecule has 8 heteroatoms. The maximum atomic E-state index is 12.5. The number of anilines is 3. The number of nitrogens with one attached hydrogen (secondary N) is 4. The summed E-state index contributed by atoms with van der Waals surface area (Å²) in [4.78, 5) is 32.5. The van der Waals surface area contributed by atoms with E-state index in [1.165, 1.54) is 6.20 Å². The number of amides is 1. The molecule has 6 rings (SSSR count). The largest absolute Gasteiger partial charge is 0.356 e. The first-order valence-electron chi connectivity index (χ1n) is 11.3. The van der Waals surface area contributed by atoms with Gasteiger partial charge in [0, 0.05) is 34.8 Å². The summed E-state index contributed by atoms with van der Waals surface area (Å²) in [6, 6.07) is 15.4. The van der Waals surface area contributed by atoms with E-state index >= 15 is 0 Å². The molecule has 34 heavy (non-hydrogen) atoms. The molecule has 3 heterocycles. The fourth-order valence-corrected chi connectivity index (χ4v) is 5.27. The molecule has 2 atom stereocenters. The number of H-pyrrole nitrogens is 2. The Labute approximate surface area is 196 Å². The van der Waals surface area contributed by atoms with E-state index in [1.807, 2.05) is 42.5 Å². The molecule has 4 aromatic rings. The molecule has 0 radical (unpaired) electrons. The molecular weight excluding hydrogens is 428 g/mol. The van der Waals surface area contributed by atoms with Gasteiger partial charge in [0.2, 0.25) is 0 Å². The first kappa shape index (κ1) is 20.4. The summed E-state index contributed by atoms with van der Waals surface area (Å²) in [6.07, 6.45) is 6.83. The van der Waals surface area contributed by atoms with Gasteiger partial charge in [-0.05, 0) is 60.6 Å². The number of aldehydes is 1. The molecule has 2 aliphatic carbocycles. The highest BCUT2D eigenvalue weighted by molar-refractivity contribution is 6.02. The van der Waals surface area contributed by atoms with Crippen LogP contribution < -0.4 is 10.6 Å². The molecule has 0 spiro atoms. The van der Waals surface area contributed by atoms with Crippen molar-refractivity contribution in [2.24, 2.45) is 10.8 Å². The molecule has 0 aliphatic heterocycles. The van der Waals surface area contributed by atoms with Crippen LogP contribution >= 0.6 is 0 Å². The van der Waals surface area contributed by atoms with Crippen molar-refractivity contribution in [2.45, 2.75) is 26.2 Å². The molecule has 1 fully saturated rings. The standard InChI is InChI=1S/C26H24N6O2/c1-25-13-20-18(12-26(25,14-25)15-33)23(29-17-5-3-2-4-6-17)22(30-20)16-7-9-27-21(11-16)31-24(34)19-8-10-28-32-19/h2-11,15,29-30H,12-14H2,1H3,(H,28,32)(H,27,31,34)/t25-,26?/m1/s1. The maximum absolute atomic E-state index is 12.5. The molecule has 4 N–H and O–H groups in total. The highest BCUT2D eigenvalue weighted by Gasteiger charge is 2.66. The second-order valence-corrected chi connectivity index (χ2v) is 9.54. The number of nitrogens with zero attached hydrogens (tertiary/aromatic N) is 2. The molecular formula is C26H24N6O2. The van der Waals surface area contributed by atoms with Gasteiger partial charge in [-0.3, -0.25) is 9.89 Å². The first-order valence-corrected chi connectivity index (χ1v) is 11.3. The van der Waals surface area contributed by atoms with Crippen molar-refractivity contribution in [1.82, 2.24) is 20.2 Å². The van der Waals surface area contributed by atoms with E-state index in [2.05, 4.69) is 37.7 Å². The number of fused-ring (bicyclic) bond motifs is 2. The van der Waals surface area contributed by atoms with Crippen LogP contribution in [0.4, 0.5) is 17.2 Å². The summed E-state index contributed by atoms with van der Waals surface area (Å²) in [5, 5.41) is 12.9. The van der Waals surface area contributed by atoms with Crippen LogP contribution in [0.1, 0.15) is 35.1 Å². The fraction of sp³-hybridized carbons (Fsp3) is 0.231. The van der Waals surface area contributed by atoms with E-state index < -0.39 is 0 Å². The third-order valence-electron chi connectivity index (χ3n) is 7.34. The van der Waals surface area contributed by atoms with E-state index in [-0.39, 0.29) is 16.7 Å². The Balaban J connectivity index is 1.40. The Morgan fingerprint density at radius 1 is 1.12 bits per heavy atom. The normalized spacial score (nSPS) is 22.4. The minimum atomic E-state index is -0.309. The zero-order valence-electron chi connectivity index (χ0n) is 18.7. The van der Waals surface area contributed by atoms with E-state index in [4.69, 9.17) is 0 Å². The van der Waals surface area contributed by atoms with E-state index in [0.717, 1.165) is 53.0 Å². The van der Waals surface area contributed by atoms with E-state index in [9.17, 15) is 9.59 Å². The van der Waals surface area contributed by atoms with Crippen molar-refractivity contribution < 1.29 is 9.59 Å². The Hall–Kier alpha value is -4.20. The van der Waals surface area contributed by atoms with Crippen molar-refractivity contribution in [3.8, 4) is 11.3 Å². The summed E-state index contributed by atoms with van der Waals surface area (Å²) >= 11 is 0. The van der Waals surface area contributed by atoms with Gasteiger partial charge in [0.15, 0.2) is 0 Å². The van der Waals surface area contributed by atoms with Crippen LogP contribution in [0.25, 0.3) is 11.3 Å². The molecule has 1 saturated carbocycles. The average molecular weight is 453 g/mol. The highest BCUT2D eigenvalue weighted by Crippen LogP contribution is 2.69. The quantitative estimate of drug-likeness (QED) is 0.322. The average Bonchev–Trinajstić information content (AvgIpc) is 3.16. The summed E-state index contributed by atoms with van der Waals surface area (Å²) in [7, 11) is 0. The molecule has 1 amide bonds. The van der Waals surface area contributed by atoms with Gasteiger partial charge >= 0.3 is 0 Å². The fourth-order valence-electron chi connectivity index (χ4n) is 5.27. The van der Waals surface area contributed by atoms with Crippen LogP contribution in [-0.2, 0) is 17.6 Å². The number of carbonyl (C=O) groups is 2. The molecule has 3 aromatic heterocycles. The second-order valence-electron chi connectivity index (χ2n) is 9.54. The predicted molar refractivity (Wildman–Crippen MR) is 129 cm³/mol. The number of hydrogen-bond acceptors (Lipinski definition) is 5. The molecule has 2 aliphatic rings. The number of aromatic amines is 2. The zero-order valence-corrected chi connectivity index (χ0v) is 18.7. The minimum absolute atomic E-state index is 0.00927. The van der Waals surface area contributed by atoms with Gasteiger partial charge in [0.25, 0.3) is 5.91 Å². The van der Waals surface area contributed by atoms with Crippen LogP contribution in [0.15, 0.2) is 60.9 Å². The lowest BCUT2D eigenvalue weighted by Crippen LogP contribution is -2.24. The van der Waals surface area contributed by atoms with E-state index in [0.29, 0.717) is 17.9 Å². The van der Waals surface area contributed by atoms with Gasteiger partial charge in [-0.2, -0.15) is 5.10 Å². The van der Waals surface area contributed by atoms with Gasteiger partial charge in [0.05, 0.1) is 11.4 Å². The number of benzene rings is 1. The van der Waals surface area contributed by atoms with Crippen molar-refractivity contribution in [1.29, 1.82) is 0 Å².